The van der Waals surface area contributed by atoms with E-state index in [1.165, 1.54) is 0 Å². The average Bonchev–Trinajstić information content (AvgIpc) is 2.07. The van der Waals surface area contributed by atoms with Gasteiger partial charge in [-0.3, -0.25) is 10.1 Å². The molecule has 0 aliphatic rings. The number of nitrogens with zero attached hydrogens (tertiary/aromatic N) is 1. The number of nitrogens with one attached hydrogen (secondary N) is 1. The Morgan fingerprint density at radius 1 is 1.50 bits per heavy atom. The number of para-hydroxylation sites is 1. The number of nitro groups is 1. The quantitative estimate of drug-likeness (QED) is 0.591. The van der Waals surface area contributed by atoms with Gasteiger partial charge in [0, 0.05) is 5.69 Å². The summed E-state index contributed by atoms with van der Waals surface area (Å²) in [7, 11) is 0. The Morgan fingerprint density at radius 3 is 2.71 bits per heavy atom. The summed E-state index contributed by atoms with van der Waals surface area (Å²) in [4.78, 5) is 9.70. The lowest BCUT2D eigenvalue weighted by atomic mass is 10.2. The van der Waals surface area contributed by atoms with E-state index in [0.29, 0.717) is 5.70 Å². The second kappa shape index (κ2) is 4.41. The van der Waals surface area contributed by atoms with Gasteiger partial charge in [0.1, 0.15) is 0 Å². The van der Waals surface area contributed by atoms with Crippen LogP contribution in [0.5, 0.6) is 0 Å². The highest BCUT2D eigenvalue weighted by atomic mass is 16.6. The Labute approximate surface area is 82.4 Å². The lowest BCUT2D eigenvalue weighted by Gasteiger charge is -2.06. The van der Waals surface area contributed by atoms with Crippen LogP contribution in [0.3, 0.4) is 0 Å². The van der Waals surface area contributed by atoms with Crippen LogP contribution in [0, 0.1) is 17.0 Å². The molecule has 0 saturated carbocycles. The minimum Gasteiger partial charge on any atom is -0.354 e. The van der Waals surface area contributed by atoms with Crippen LogP contribution in [0.2, 0.25) is 0 Å². The minimum atomic E-state index is -0.472. The monoisotopic (exact) mass is 192 g/mol. The highest BCUT2D eigenvalue weighted by Crippen LogP contribution is 2.15. The molecule has 0 saturated heterocycles. The second-order valence-corrected chi connectivity index (χ2v) is 3.04. The van der Waals surface area contributed by atoms with E-state index >= 15 is 0 Å². The van der Waals surface area contributed by atoms with Crippen LogP contribution in [0.15, 0.2) is 36.2 Å². The summed E-state index contributed by atoms with van der Waals surface area (Å²) >= 11 is 0. The molecule has 74 valence electrons. The summed E-state index contributed by atoms with van der Waals surface area (Å²) < 4.78 is 0. The van der Waals surface area contributed by atoms with Crippen molar-refractivity contribution in [2.24, 2.45) is 0 Å². The number of benzene rings is 1. The standard InChI is InChI=1S/C10H12N2O2/c1-8-5-3-4-6-10(8)11-9(2)7-12(13)14/h3-7,11H,1-2H3. The van der Waals surface area contributed by atoms with E-state index in [1.54, 1.807) is 6.92 Å². The first-order valence-electron chi connectivity index (χ1n) is 4.24. The van der Waals surface area contributed by atoms with Gasteiger partial charge in [-0.2, -0.15) is 0 Å². The zero-order valence-electron chi connectivity index (χ0n) is 8.15. The molecular formula is C10H12N2O2. The molecule has 0 aliphatic carbocycles. The van der Waals surface area contributed by atoms with Crippen molar-refractivity contribution in [3.05, 3.63) is 51.8 Å². The van der Waals surface area contributed by atoms with Gasteiger partial charge in [-0.1, -0.05) is 18.2 Å². The summed E-state index contributed by atoms with van der Waals surface area (Å²) in [5, 5.41) is 13.1. The van der Waals surface area contributed by atoms with E-state index in [9.17, 15) is 10.1 Å². The van der Waals surface area contributed by atoms with Crippen molar-refractivity contribution < 1.29 is 4.92 Å². The van der Waals surface area contributed by atoms with E-state index in [4.69, 9.17) is 0 Å². The van der Waals surface area contributed by atoms with Gasteiger partial charge in [0.2, 0.25) is 0 Å². The third-order valence-corrected chi connectivity index (χ3v) is 1.78. The molecule has 1 aromatic rings. The highest BCUT2D eigenvalue weighted by Gasteiger charge is 1.99. The Bertz CT molecular complexity index is 372. The van der Waals surface area contributed by atoms with E-state index in [2.05, 4.69) is 5.32 Å². The number of hydrogen-bond acceptors (Lipinski definition) is 3. The molecular weight excluding hydrogens is 180 g/mol. The van der Waals surface area contributed by atoms with Crippen LogP contribution in [-0.2, 0) is 0 Å². The molecule has 0 heterocycles. The normalized spacial score (nSPS) is 11.1. The number of allylic oxidation sites excluding steroid dienone is 1. The van der Waals surface area contributed by atoms with Gasteiger partial charge in [-0.25, -0.2) is 0 Å². The molecule has 0 aromatic heterocycles. The molecule has 0 spiro atoms. The van der Waals surface area contributed by atoms with Crippen molar-refractivity contribution in [2.45, 2.75) is 13.8 Å². The molecule has 1 rings (SSSR count). The Kier molecular flexibility index (Phi) is 3.23. The van der Waals surface area contributed by atoms with Gasteiger partial charge in [-0.15, -0.1) is 0 Å². The molecule has 1 aromatic carbocycles. The molecule has 0 aliphatic heterocycles. The van der Waals surface area contributed by atoms with Gasteiger partial charge >= 0.3 is 0 Å². The lowest BCUT2D eigenvalue weighted by molar-refractivity contribution is -0.403. The predicted octanol–water partition coefficient (Wildman–Crippen LogP) is 2.54. The first kappa shape index (κ1) is 10.2. The highest BCUT2D eigenvalue weighted by molar-refractivity contribution is 5.53. The van der Waals surface area contributed by atoms with Crippen LogP contribution >= 0.6 is 0 Å². The first-order chi connectivity index (χ1) is 6.59. The van der Waals surface area contributed by atoms with Crippen molar-refractivity contribution in [1.82, 2.24) is 0 Å². The Morgan fingerprint density at radius 2 is 2.14 bits per heavy atom. The summed E-state index contributed by atoms with van der Waals surface area (Å²) in [6, 6.07) is 7.64. The summed E-state index contributed by atoms with van der Waals surface area (Å²) in [5.74, 6) is 0. The third-order valence-electron chi connectivity index (χ3n) is 1.78. The van der Waals surface area contributed by atoms with Gasteiger partial charge < -0.3 is 5.32 Å². The maximum absolute atomic E-state index is 10.2. The minimum absolute atomic E-state index is 0.472. The Balaban J connectivity index is 2.79. The van der Waals surface area contributed by atoms with Crippen LogP contribution in [0.25, 0.3) is 0 Å². The SMILES string of the molecule is CC(=C[N+](=O)[O-])Nc1ccccc1C. The largest absolute Gasteiger partial charge is 0.354 e. The van der Waals surface area contributed by atoms with Crippen molar-refractivity contribution in [2.75, 3.05) is 5.32 Å². The van der Waals surface area contributed by atoms with E-state index in [0.717, 1.165) is 17.5 Å². The van der Waals surface area contributed by atoms with Gasteiger partial charge in [-0.05, 0) is 25.5 Å². The fourth-order valence-electron chi connectivity index (χ4n) is 1.12. The second-order valence-electron chi connectivity index (χ2n) is 3.04. The molecule has 0 bridgehead atoms. The number of hydrogen-bond donors (Lipinski definition) is 1. The zero-order chi connectivity index (χ0) is 10.6. The van der Waals surface area contributed by atoms with Crippen LogP contribution < -0.4 is 5.32 Å². The molecule has 1 N–H and O–H groups in total. The van der Waals surface area contributed by atoms with E-state index in [-0.39, 0.29) is 0 Å². The van der Waals surface area contributed by atoms with Crippen LogP contribution in [-0.4, -0.2) is 4.92 Å². The molecule has 4 heteroatoms. The molecule has 14 heavy (non-hydrogen) atoms. The van der Waals surface area contributed by atoms with Gasteiger partial charge in [0.25, 0.3) is 6.20 Å². The summed E-state index contributed by atoms with van der Waals surface area (Å²) in [5.41, 5.74) is 2.47. The number of anilines is 1. The topological polar surface area (TPSA) is 55.2 Å². The fourth-order valence-corrected chi connectivity index (χ4v) is 1.12. The number of aryl methyl sites for hydroxylation is 1. The van der Waals surface area contributed by atoms with E-state index < -0.39 is 4.92 Å². The van der Waals surface area contributed by atoms with Gasteiger partial charge in [0.05, 0.1) is 10.6 Å². The number of rotatable bonds is 3. The van der Waals surface area contributed by atoms with E-state index in [1.807, 2.05) is 31.2 Å². The molecule has 0 amide bonds. The first-order valence-corrected chi connectivity index (χ1v) is 4.24. The van der Waals surface area contributed by atoms with Crippen molar-refractivity contribution >= 4 is 5.69 Å². The molecule has 0 radical (unpaired) electrons. The van der Waals surface area contributed by atoms with Crippen LogP contribution in [0.4, 0.5) is 5.69 Å². The maximum atomic E-state index is 10.2. The zero-order valence-corrected chi connectivity index (χ0v) is 8.15. The van der Waals surface area contributed by atoms with Gasteiger partial charge in [0.15, 0.2) is 0 Å². The molecule has 0 fully saturated rings. The van der Waals surface area contributed by atoms with Crippen LogP contribution in [0.1, 0.15) is 12.5 Å². The maximum Gasteiger partial charge on any atom is 0.253 e. The molecule has 0 atom stereocenters. The smallest absolute Gasteiger partial charge is 0.253 e. The average molecular weight is 192 g/mol. The molecule has 0 unspecified atom stereocenters. The van der Waals surface area contributed by atoms with Crippen molar-refractivity contribution in [3.8, 4) is 0 Å². The fraction of sp³-hybridized carbons (Fsp3) is 0.200. The van der Waals surface area contributed by atoms with Crippen molar-refractivity contribution in [3.63, 3.8) is 0 Å². The Hall–Kier alpha value is -1.84. The predicted molar refractivity (Wildman–Crippen MR) is 55.6 cm³/mol. The molecule has 4 nitrogen and oxygen atoms in total. The third kappa shape index (κ3) is 2.90. The van der Waals surface area contributed by atoms with Crippen molar-refractivity contribution in [1.29, 1.82) is 0 Å². The summed E-state index contributed by atoms with van der Waals surface area (Å²) in [6.07, 6.45) is 0.951. The summed E-state index contributed by atoms with van der Waals surface area (Å²) in [6.45, 7) is 3.61. The lowest BCUT2D eigenvalue weighted by Crippen LogP contribution is -2.00.